The lowest BCUT2D eigenvalue weighted by atomic mass is 10.1. The summed E-state index contributed by atoms with van der Waals surface area (Å²) in [6, 6.07) is 0. The van der Waals surface area contributed by atoms with Crippen LogP contribution in [0.1, 0.15) is 32.6 Å². The second-order valence-corrected chi connectivity index (χ2v) is 4.03. The predicted octanol–water partition coefficient (Wildman–Crippen LogP) is 2.73. The largest absolute Gasteiger partial charge is 0.377 e. The molecule has 0 aromatic carbocycles. The highest BCUT2D eigenvalue weighted by atomic mass is 79.9. The fourth-order valence-corrected chi connectivity index (χ4v) is 1.90. The zero-order chi connectivity index (χ0) is 7.40. The van der Waals surface area contributed by atoms with Crippen molar-refractivity contribution in [2.24, 2.45) is 0 Å². The Morgan fingerprint density at radius 3 is 2.90 bits per heavy atom. The second-order valence-electron chi connectivity index (χ2n) is 2.86. The zero-order valence-electron chi connectivity index (χ0n) is 6.48. The van der Waals surface area contributed by atoms with Crippen LogP contribution in [0.3, 0.4) is 0 Å². The Hall–Kier alpha value is 0.440. The molecule has 0 radical (unpaired) electrons. The zero-order valence-corrected chi connectivity index (χ0v) is 8.06. The number of halogens is 1. The lowest BCUT2D eigenvalue weighted by molar-refractivity contribution is 0.105. The minimum atomic E-state index is 0.500. The van der Waals surface area contributed by atoms with Crippen molar-refractivity contribution in [2.75, 3.05) is 6.61 Å². The molecule has 2 heteroatoms. The van der Waals surface area contributed by atoms with Crippen LogP contribution in [0.25, 0.3) is 0 Å². The van der Waals surface area contributed by atoms with Crippen LogP contribution in [0.5, 0.6) is 0 Å². The molecular formula is C8H15BrO. The first kappa shape index (κ1) is 8.54. The topological polar surface area (TPSA) is 9.23 Å². The molecule has 60 valence electrons. The van der Waals surface area contributed by atoms with Crippen molar-refractivity contribution < 1.29 is 4.74 Å². The number of alkyl halides is 1. The maximum absolute atomic E-state index is 5.52. The molecule has 1 fully saturated rings. The normalized spacial score (nSPS) is 33.0. The van der Waals surface area contributed by atoms with Gasteiger partial charge in [0.2, 0.25) is 0 Å². The van der Waals surface area contributed by atoms with Crippen molar-refractivity contribution in [1.29, 1.82) is 0 Å². The van der Waals surface area contributed by atoms with Crippen molar-refractivity contribution in [3.05, 3.63) is 0 Å². The van der Waals surface area contributed by atoms with Gasteiger partial charge in [0.05, 0.1) is 6.10 Å². The summed E-state index contributed by atoms with van der Waals surface area (Å²) in [6.07, 6.45) is 5.49. The Morgan fingerprint density at radius 1 is 1.60 bits per heavy atom. The molecule has 2 atom stereocenters. The summed E-state index contributed by atoms with van der Waals surface area (Å²) in [5.74, 6) is 0. The summed E-state index contributed by atoms with van der Waals surface area (Å²) in [7, 11) is 0. The average molecular weight is 207 g/mol. The first-order chi connectivity index (χ1) is 4.84. The van der Waals surface area contributed by atoms with Gasteiger partial charge >= 0.3 is 0 Å². The molecule has 10 heavy (non-hydrogen) atoms. The molecule has 0 unspecified atom stereocenters. The molecule has 1 rings (SSSR count). The Morgan fingerprint density at radius 2 is 2.40 bits per heavy atom. The number of ether oxygens (including phenoxy) is 1. The van der Waals surface area contributed by atoms with Gasteiger partial charge in [-0.1, -0.05) is 35.7 Å². The van der Waals surface area contributed by atoms with E-state index in [9.17, 15) is 0 Å². The lowest BCUT2D eigenvalue weighted by Gasteiger charge is -2.11. The van der Waals surface area contributed by atoms with E-state index >= 15 is 0 Å². The summed E-state index contributed by atoms with van der Waals surface area (Å²) in [6.45, 7) is 3.17. The molecule has 0 aromatic heterocycles. The number of hydrogen-bond donors (Lipinski definition) is 0. The van der Waals surface area contributed by atoms with Crippen molar-refractivity contribution in [3.63, 3.8) is 0 Å². The predicted molar refractivity (Wildman–Crippen MR) is 46.6 cm³/mol. The van der Waals surface area contributed by atoms with E-state index < -0.39 is 0 Å². The molecular weight excluding hydrogens is 192 g/mol. The number of rotatable bonds is 3. The van der Waals surface area contributed by atoms with Crippen molar-refractivity contribution in [2.45, 2.75) is 43.5 Å². The first-order valence-electron chi connectivity index (χ1n) is 4.10. The van der Waals surface area contributed by atoms with Crippen LogP contribution in [0, 0.1) is 0 Å². The number of unbranched alkanes of at least 4 members (excludes halogenated alkanes) is 1. The van der Waals surface area contributed by atoms with Gasteiger partial charge in [-0.05, 0) is 12.8 Å². The SMILES string of the molecule is CCCC[C@@H]1OCC[C@@H]1Br. The van der Waals surface area contributed by atoms with Gasteiger partial charge in [0.15, 0.2) is 0 Å². The third-order valence-corrected chi connectivity index (χ3v) is 3.02. The fourth-order valence-electron chi connectivity index (χ4n) is 1.29. The van der Waals surface area contributed by atoms with Gasteiger partial charge in [0.1, 0.15) is 0 Å². The van der Waals surface area contributed by atoms with Gasteiger partial charge < -0.3 is 4.74 Å². The molecule has 0 bridgehead atoms. The van der Waals surface area contributed by atoms with Crippen molar-refractivity contribution in [3.8, 4) is 0 Å². The number of hydrogen-bond acceptors (Lipinski definition) is 1. The van der Waals surface area contributed by atoms with Crippen molar-refractivity contribution in [1.82, 2.24) is 0 Å². The third-order valence-electron chi connectivity index (χ3n) is 1.97. The quantitative estimate of drug-likeness (QED) is 0.646. The summed E-state index contributed by atoms with van der Waals surface area (Å²) in [5, 5.41) is 0. The van der Waals surface area contributed by atoms with E-state index in [1.165, 1.54) is 25.7 Å². The monoisotopic (exact) mass is 206 g/mol. The van der Waals surface area contributed by atoms with Crippen LogP contribution >= 0.6 is 15.9 Å². The summed E-state index contributed by atoms with van der Waals surface area (Å²) >= 11 is 3.61. The van der Waals surface area contributed by atoms with Crippen LogP contribution in [0.15, 0.2) is 0 Å². The standard InChI is InChI=1S/C8H15BrO/c1-2-3-4-8-7(9)5-6-10-8/h7-8H,2-6H2,1H3/t7-,8-/m0/s1. The molecule has 1 aliphatic heterocycles. The summed E-state index contributed by atoms with van der Waals surface area (Å²) < 4.78 is 5.52. The molecule has 0 aromatic rings. The average Bonchev–Trinajstić information content (AvgIpc) is 2.31. The van der Waals surface area contributed by atoms with E-state index in [2.05, 4.69) is 22.9 Å². The van der Waals surface area contributed by atoms with Gasteiger partial charge in [0.25, 0.3) is 0 Å². The fraction of sp³-hybridized carbons (Fsp3) is 1.00. The first-order valence-corrected chi connectivity index (χ1v) is 5.02. The van der Waals surface area contributed by atoms with Crippen LogP contribution in [-0.2, 0) is 4.74 Å². The Labute approximate surface area is 71.3 Å². The molecule has 1 aliphatic rings. The molecule has 0 aliphatic carbocycles. The minimum absolute atomic E-state index is 0.500. The van der Waals surface area contributed by atoms with Gasteiger partial charge in [-0.2, -0.15) is 0 Å². The molecule has 0 N–H and O–H groups in total. The van der Waals surface area contributed by atoms with E-state index in [-0.39, 0.29) is 0 Å². The van der Waals surface area contributed by atoms with Crippen LogP contribution in [0.2, 0.25) is 0 Å². The van der Waals surface area contributed by atoms with E-state index in [0.29, 0.717) is 10.9 Å². The highest BCUT2D eigenvalue weighted by Gasteiger charge is 2.24. The van der Waals surface area contributed by atoms with E-state index in [1.807, 2.05) is 0 Å². The maximum Gasteiger partial charge on any atom is 0.0700 e. The van der Waals surface area contributed by atoms with E-state index in [1.54, 1.807) is 0 Å². The summed E-state index contributed by atoms with van der Waals surface area (Å²) in [5.41, 5.74) is 0. The maximum atomic E-state index is 5.52. The van der Waals surface area contributed by atoms with Crippen LogP contribution in [0.4, 0.5) is 0 Å². The molecule has 0 saturated carbocycles. The lowest BCUT2D eigenvalue weighted by Crippen LogP contribution is -2.14. The molecule has 0 spiro atoms. The highest BCUT2D eigenvalue weighted by Crippen LogP contribution is 2.24. The minimum Gasteiger partial charge on any atom is -0.377 e. The third kappa shape index (κ3) is 2.24. The Balaban J connectivity index is 2.14. The van der Waals surface area contributed by atoms with Crippen LogP contribution < -0.4 is 0 Å². The van der Waals surface area contributed by atoms with Crippen molar-refractivity contribution >= 4 is 15.9 Å². The van der Waals surface area contributed by atoms with E-state index in [0.717, 1.165) is 6.61 Å². The van der Waals surface area contributed by atoms with Gasteiger partial charge in [0, 0.05) is 11.4 Å². The second kappa shape index (κ2) is 4.35. The van der Waals surface area contributed by atoms with Gasteiger partial charge in [-0.25, -0.2) is 0 Å². The van der Waals surface area contributed by atoms with Crippen LogP contribution in [-0.4, -0.2) is 17.5 Å². The Kier molecular flexibility index (Phi) is 3.71. The molecule has 1 nitrogen and oxygen atoms in total. The molecule has 1 heterocycles. The highest BCUT2D eigenvalue weighted by molar-refractivity contribution is 9.09. The van der Waals surface area contributed by atoms with E-state index in [4.69, 9.17) is 4.74 Å². The molecule has 1 saturated heterocycles. The molecule has 0 amide bonds. The van der Waals surface area contributed by atoms with Gasteiger partial charge in [-0.3, -0.25) is 0 Å². The Bertz CT molecular complexity index is 95.3. The summed E-state index contributed by atoms with van der Waals surface area (Å²) in [4.78, 5) is 0.624. The van der Waals surface area contributed by atoms with Gasteiger partial charge in [-0.15, -0.1) is 0 Å². The smallest absolute Gasteiger partial charge is 0.0700 e.